The van der Waals surface area contributed by atoms with Gasteiger partial charge in [-0.3, -0.25) is 9.88 Å². The van der Waals surface area contributed by atoms with Gasteiger partial charge in [0.15, 0.2) is 0 Å². The molecule has 0 unspecified atom stereocenters. The maximum absolute atomic E-state index is 6.18. The van der Waals surface area contributed by atoms with E-state index in [0.717, 1.165) is 37.6 Å². The summed E-state index contributed by atoms with van der Waals surface area (Å²) in [5.41, 5.74) is 0.760. The Labute approximate surface area is 150 Å². The first-order valence-corrected chi connectivity index (χ1v) is 8.48. The summed E-state index contributed by atoms with van der Waals surface area (Å²) in [5, 5.41) is 8.88. The number of nitrogens with zero attached hydrogens (tertiary/aromatic N) is 6. The maximum atomic E-state index is 6.18. The second-order valence-electron chi connectivity index (χ2n) is 5.81. The number of aromatic nitrogens is 4. The normalized spacial score (nSPS) is 15.5. The van der Waals surface area contributed by atoms with E-state index < -0.39 is 0 Å². The zero-order chi connectivity index (χ0) is 17.1. The smallest absolute Gasteiger partial charge is 0.249 e. The summed E-state index contributed by atoms with van der Waals surface area (Å²) in [4.78, 5) is 13.0. The molecule has 0 radical (unpaired) electrons. The predicted molar refractivity (Wildman–Crippen MR) is 94.3 cm³/mol. The molecule has 0 bridgehead atoms. The van der Waals surface area contributed by atoms with Crippen LogP contribution in [0.2, 0.25) is 5.02 Å². The lowest BCUT2D eigenvalue weighted by Crippen LogP contribution is -2.46. The van der Waals surface area contributed by atoms with Crippen LogP contribution in [0, 0.1) is 0 Å². The molecule has 3 heterocycles. The molecule has 4 rings (SSSR count). The molecule has 3 aromatic rings. The van der Waals surface area contributed by atoms with E-state index in [2.05, 4.69) is 30.0 Å². The van der Waals surface area contributed by atoms with Gasteiger partial charge in [-0.05, 0) is 12.1 Å². The van der Waals surface area contributed by atoms with Crippen LogP contribution in [0.15, 0.2) is 47.3 Å². The minimum Gasteiger partial charge on any atom is -0.419 e. The van der Waals surface area contributed by atoms with E-state index in [1.54, 1.807) is 18.6 Å². The molecule has 7 nitrogen and oxygen atoms in total. The number of halogens is 1. The molecule has 0 N–H and O–H groups in total. The number of rotatable bonds is 4. The van der Waals surface area contributed by atoms with Gasteiger partial charge in [0.2, 0.25) is 11.8 Å². The van der Waals surface area contributed by atoms with Gasteiger partial charge in [-0.1, -0.05) is 23.7 Å². The number of benzene rings is 1. The average Bonchev–Trinajstić information content (AvgIpc) is 3.12. The first-order chi connectivity index (χ1) is 12.3. The van der Waals surface area contributed by atoms with Crippen LogP contribution in [0.25, 0.3) is 11.5 Å². The van der Waals surface area contributed by atoms with Crippen molar-refractivity contribution in [3.05, 3.63) is 53.8 Å². The van der Waals surface area contributed by atoms with Crippen molar-refractivity contribution in [1.29, 1.82) is 0 Å². The Balaban J connectivity index is 1.37. The molecule has 0 aliphatic carbocycles. The number of piperazine rings is 1. The van der Waals surface area contributed by atoms with E-state index >= 15 is 0 Å². The van der Waals surface area contributed by atoms with Crippen LogP contribution < -0.4 is 4.90 Å². The van der Waals surface area contributed by atoms with Gasteiger partial charge in [-0.25, -0.2) is 4.98 Å². The lowest BCUT2D eigenvalue weighted by atomic mass is 10.2. The van der Waals surface area contributed by atoms with E-state index in [4.69, 9.17) is 16.0 Å². The third kappa shape index (κ3) is 3.62. The average molecular weight is 357 g/mol. The molecule has 0 saturated carbocycles. The third-order valence-electron chi connectivity index (χ3n) is 4.18. The summed E-state index contributed by atoms with van der Waals surface area (Å²) in [7, 11) is 0. The van der Waals surface area contributed by atoms with Crippen LogP contribution in [-0.2, 0) is 6.54 Å². The van der Waals surface area contributed by atoms with Gasteiger partial charge in [-0.15, -0.1) is 10.2 Å². The first kappa shape index (κ1) is 16.0. The quantitative estimate of drug-likeness (QED) is 0.711. The van der Waals surface area contributed by atoms with Gasteiger partial charge in [0.1, 0.15) is 5.82 Å². The van der Waals surface area contributed by atoms with E-state index in [1.807, 2.05) is 24.3 Å². The molecule has 1 aliphatic heterocycles. The van der Waals surface area contributed by atoms with Crippen molar-refractivity contribution >= 4 is 17.4 Å². The van der Waals surface area contributed by atoms with Crippen molar-refractivity contribution in [2.75, 3.05) is 31.1 Å². The van der Waals surface area contributed by atoms with Gasteiger partial charge >= 0.3 is 0 Å². The predicted octanol–water partition coefficient (Wildman–Crippen LogP) is 2.50. The van der Waals surface area contributed by atoms with Gasteiger partial charge in [0, 0.05) is 38.6 Å². The van der Waals surface area contributed by atoms with Gasteiger partial charge < -0.3 is 9.32 Å². The summed E-state index contributed by atoms with van der Waals surface area (Å²) in [5.74, 6) is 1.97. The Morgan fingerprint density at radius 2 is 1.88 bits per heavy atom. The molecule has 1 fully saturated rings. The second kappa shape index (κ2) is 7.16. The number of anilines is 1. The highest BCUT2D eigenvalue weighted by molar-refractivity contribution is 6.33. The topological polar surface area (TPSA) is 71.2 Å². The monoisotopic (exact) mass is 356 g/mol. The van der Waals surface area contributed by atoms with Crippen molar-refractivity contribution < 1.29 is 4.42 Å². The molecule has 0 spiro atoms. The standard InChI is InChI=1S/C17H17ClN6O/c18-14-4-2-1-3-13(14)17-22-21-16(25-17)12-23-7-9-24(10-8-23)15-11-19-5-6-20-15/h1-6,11H,7-10,12H2. The molecule has 1 aliphatic rings. The van der Waals surface area contributed by atoms with Crippen molar-refractivity contribution in [3.63, 3.8) is 0 Å². The van der Waals surface area contributed by atoms with Crippen molar-refractivity contribution in [2.24, 2.45) is 0 Å². The van der Waals surface area contributed by atoms with E-state index in [1.165, 1.54) is 0 Å². The summed E-state index contributed by atoms with van der Waals surface area (Å²) in [6, 6.07) is 7.46. The number of hydrogen-bond acceptors (Lipinski definition) is 7. The lowest BCUT2D eigenvalue weighted by Gasteiger charge is -2.34. The van der Waals surface area contributed by atoms with E-state index in [-0.39, 0.29) is 0 Å². The summed E-state index contributed by atoms with van der Waals surface area (Å²) >= 11 is 6.18. The minimum atomic E-state index is 0.457. The first-order valence-electron chi connectivity index (χ1n) is 8.10. The highest BCUT2D eigenvalue weighted by atomic mass is 35.5. The fourth-order valence-corrected chi connectivity index (χ4v) is 3.06. The molecule has 0 amide bonds. The zero-order valence-electron chi connectivity index (χ0n) is 13.5. The van der Waals surface area contributed by atoms with Crippen LogP contribution in [0.4, 0.5) is 5.82 Å². The number of hydrogen-bond donors (Lipinski definition) is 0. The zero-order valence-corrected chi connectivity index (χ0v) is 14.3. The molecular formula is C17H17ClN6O. The Bertz CT molecular complexity index is 832. The van der Waals surface area contributed by atoms with E-state index in [0.29, 0.717) is 23.3 Å². The summed E-state index contributed by atoms with van der Waals surface area (Å²) < 4.78 is 5.78. The van der Waals surface area contributed by atoms with Crippen molar-refractivity contribution in [2.45, 2.75) is 6.54 Å². The SMILES string of the molecule is Clc1ccccc1-c1nnc(CN2CCN(c3cnccn3)CC2)o1. The Kier molecular flexibility index (Phi) is 4.58. The largest absolute Gasteiger partial charge is 0.419 e. The molecule has 1 saturated heterocycles. The summed E-state index contributed by atoms with van der Waals surface area (Å²) in [6.45, 7) is 4.22. The fraction of sp³-hybridized carbons (Fsp3) is 0.294. The van der Waals surface area contributed by atoms with Crippen LogP contribution in [-0.4, -0.2) is 51.2 Å². The fourth-order valence-electron chi connectivity index (χ4n) is 2.84. The molecule has 25 heavy (non-hydrogen) atoms. The van der Waals surface area contributed by atoms with E-state index in [9.17, 15) is 0 Å². The Morgan fingerprint density at radius 3 is 2.64 bits per heavy atom. The molecule has 1 aromatic carbocycles. The summed E-state index contributed by atoms with van der Waals surface area (Å²) in [6.07, 6.45) is 5.20. The maximum Gasteiger partial charge on any atom is 0.249 e. The molecule has 128 valence electrons. The van der Waals surface area contributed by atoms with Gasteiger partial charge in [0.05, 0.1) is 23.3 Å². The van der Waals surface area contributed by atoms with Crippen molar-refractivity contribution in [3.8, 4) is 11.5 Å². The molecule has 2 aromatic heterocycles. The Morgan fingerprint density at radius 1 is 1.04 bits per heavy atom. The van der Waals surface area contributed by atoms with Gasteiger partial charge in [-0.2, -0.15) is 0 Å². The third-order valence-corrected chi connectivity index (χ3v) is 4.51. The van der Waals surface area contributed by atoms with Crippen molar-refractivity contribution in [1.82, 2.24) is 25.1 Å². The van der Waals surface area contributed by atoms with Crippen LogP contribution >= 0.6 is 11.6 Å². The lowest BCUT2D eigenvalue weighted by molar-refractivity contribution is 0.226. The minimum absolute atomic E-state index is 0.457. The molecular weight excluding hydrogens is 340 g/mol. The van der Waals surface area contributed by atoms with Crippen LogP contribution in [0.3, 0.4) is 0 Å². The van der Waals surface area contributed by atoms with Crippen LogP contribution in [0.1, 0.15) is 5.89 Å². The molecule has 8 heteroatoms. The highest BCUT2D eigenvalue weighted by Crippen LogP contribution is 2.26. The Hall–Kier alpha value is -2.51. The van der Waals surface area contributed by atoms with Gasteiger partial charge in [0.25, 0.3) is 0 Å². The molecule has 0 atom stereocenters. The highest BCUT2D eigenvalue weighted by Gasteiger charge is 2.20. The van der Waals surface area contributed by atoms with Crippen LogP contribution in [0.5, 0.6) is 0 Å². The second-order valence-corrected chi connectivity index (χ2v) is 6.21.